The topological polar surface area (TPSA) is 111 Å². The number of nitrogens with two attached hydrogens (primary N) is 1. The lowest BCUT2D eigenvalue weighted by atomic mass is 10.1. The van der Waals surface area contributed by atoms with E-state index in [1.54, 1.807) is 12.1 Å². The van der Waals surface area contributed by atoms with Crippen molar-refractivity contribution in [2.24, 2.45) is 11.7 Å². The number of ether oxygens (including phenoxy) is 1. The van der Waals surface area contributed by atoms with Crippen LogP contribution in [0.1, 0.15) is 32.1 Å². The minimum atomic E-state index is -3.67. The first-order valence-electron chi connectivity index (χ1n) is 8.16. The quantitative estimate of drug-likeness (QED) is 0.712. The van der Waals surface area contributed by atoms with Crippen LogP contribution in [0.5, 0.6) is 5.75 Å². The van der Waals surface area contributed by atoms with Gasteiger partial charge in [-0.25, -0.2) is 13.1 Å². The predicted molar refractivity (Wildman–Crippen MR) is 90.3 cm³/mol. The lowest BCUT2D eigenvalue weighted by molar-refractivity contribution is -0.119. The van der Waals surface area contributed by atoms with Crippen LogP contribution >= 0.6 is 0 Å². The van der Waals surface area contributed by atoms with Crippen molar-refractivity contribution in [3.8, 4) is 5.75 Å². The summed E-state index contributed by atoms with van der Waals surface area (Å²) in [5.74, 6) is 0.0161. The molecular weight excluding hydrogens is 330 g/mol. The first-order valence-corrected chi connectivity index (χ1v) is 9.64. The van der Waals surface area contributed by atoms with Crippen LogP contribution in [0.3, 0.4) is 0 Å². The molecule has 0 aliphatic heterocycles. The second-order valence-corrected chi connectivity index (χ2v) is 8.20. The van der Waals surface area contributed by atoms with Crippen molar-refractivity contribution in [1.82, 2.24) is 4.72 Å². The van der Waals surface area contributed by atoms with Crippen LogP contribution in [0.2, 0.25) is 0 Å². The number of amides is 1. The molecule has 2 atom stereocenters. The van der Waals surface area contributed by atoms with E-state index in [0.717, 1.165) is 25.7 Å². The predicted octanol–water partition coefficient (Wildman–Crippen LogP) is 1.20. The summed E-state index contributed by atoms with van der Waals surface area (Å²) in [6.07, 6.45) is 3.96. The molecule has 7 nitrogen and oxygen atoms in total. The summed E-state index contributed by atoms with van der Waals surface area (Å²) in [4.78, 5) is 12.3. The molecule has 0 heterocycles. The molecule has 2 fully saturated rings. The number of methoxy groups -OCH3 is 1. The fraction of sp³-hybridized carbons (Fsp3) is 0.562. The largest absolute Gasteiger partial charge is 0.495 e. The summed E-state index contributed by atoms with van der Waals surface area (Å²) >= 11 is 0. The fourth-order valence-electron chi connectivity index (χ4n) is 2.95. The van der Waals surface area contributed by atoms with Gasteiger partial charge >= 0.3 is 0 Å². The molecule has 0 spiro atoms. The summed E-state index contributed by atoms with van der Waals surface area (Å²) in [5.41, 5.74) is 6.29. The van der Waals surface area contributed by atoms with E-state index in [9.17, 15) is 13.2 Å². The molecule has 0 bridgehead atoms. The lowest BCUT2D eigenvalue weighted by Crippen LogP contribution is -2.26. The average Bonchev–Trinajstić information content (AvgIpc) is 3.23. The van der Waals surface area contributed by atoms with Gasteiger partial charge in [0.2, 0.25) is 15.9 Å². The first kappa shape index (κ1) is 17.2. The number of sulfonamides is 1. The summed E-state index contributed by atoms with van der Waals surface area (Å²) < 4.78 is 32.7. The molecule has 4 N–H and O–H groups in total. The van der Waals surface area contributed by atoms with Crippen molar-refractivity contribution in [1.29, 1.82) is 0 Å². The van der Waals surface area contributed by atoms with Crippen LogP contribution in [-0.4, -0.2) is 33.5 Å². The Labute approximate surface area is 142 Å². The van der Waals surface area contributed by atoms with E-state index in [1.165, 1.54) is 13.2 Å². The van der Waals surface area contributed by atoms with Crippen LogP contribution < -0.4 is 20.5 Å². The zero-order chi connectivity index (χ0) is 17.3. The Hall–Kier alpha value is -1.64. The maximum atomic E-state index is 12.5. The lowest BCUT2D eigenvalue weighted by Gasteiger charge is -2.14. The Morgan fingerprint density at radius 2 is 2.00 bits per heavy atom. The Morgan fingerprint density at radius 1 is 1.25 bits per heavy atom. The van der Waals surface area contributed by atoms with E-state index in [0.29, 0.717) is 12.1 Å². The van der Waals surface area contributed by atoms with E-state index in [1.807, 2.05) is 0 Å². The van der Waals surface area contributed by atoms with E-state index < -0.39 is 10.0 Å². The molecule has 1 aromatic carbocycles. The minimum Gasteiger partial charge on any atom is -0.495 e. The summed E-state index contributed by atoms with van der Waals surface area (Å²) in [6, 6.07) is 4.70. The molecule has 2 aliphatic carbocycles. The van der Waals surface area contributed by atoms with Crippen LogP contribution in [0.25, 0.3) is 0 Å². The molecule has 132 valence electrons. The van der Waals surface area contributed by atoms with E-state index in [2.05, 4.69) is 10.0 Å². The molecule has 24 heavy (non-hydrogen) atoms. The van der Waals surface area contributed by atoms with E-state index in [4.69, 9.17) is 10.5 Å². The van der Waals surface area contributed by atoms with Gasteiger partial charge in [0.05, 0.1) is 7.11 Å². The number of hydrogen-bond acceptors (Lipinski definition) is 5. The van der Waals surface area contributed by atoms with Gasteiger partial charge in [0.25, 0.3) is 0 Å². The van der Waals surface area contributed by atoms with Gasteiger partial charge in [0.15, 0.2) is 0 Å². The van der Waals surface area contributed by atoms with Gasteiger partial charge in [-0.05, 0) is 50.3 Å². The highest BCUT2D eigenvalue weighted by Gasteiger charge is 2.31. The molecule has 1 aromatic rings. The molecule has 3 rings (SSSR count). The molecule has 2 saturated carbocycles. The number of carbonyl (C=O) groups excluding carboxylic acids is 1. The highest BCUT2D eigenvalue weighted by atomic mass is 32.2. The van der Waals surface area contributed by atoms with Gasteiger partial charge in [-0.3, -0.25) is 4.79 Å². The number of benzene rings is 1. The maximum Gasteiger partial charge on any atom is 0.244 e. The molecule has 1 amide bonds. The van der Waals surface area contributed by atoms with E-state index >= 15 is 0 Å². The third kappa shape index (κ3) is 3.88. The van der Waals surface area contributed by atoms with E-state index in [-0.39, 0.29) is 34.6 Å². The van der Waals surface area contributed by atoms with Crippen molar-refractivity contribution in [3.63, 3.8) is 0 Å². The second kappa shape index (κ2) is 6.70. The number of rotatable bonds is 6. The van der Waals surface area contributed by atoms with Gasteiger partial charge in [-0.2, -0.15) is 0 Å². The van der Waals surface area contributed by atoms with Gasteiger partial charge in [-0.1, -0.05) is 0 Å². The van der Waals surface area contributed by atoms with Gasteiger partial charge in [0, 0.05) is 23.7 Å². The number of nitrogens with one attached hydrogen (secondary N) is 2. The number of hydrogen-bond donors (Lipinski definition) is 3. The fourth-order valence-corrected chi connectivity index (χ4v) is 4.45. The third-order valence-electron chi connectivity index (χ3n) is 4.46. The second-order valence-electron chi connectivity index (χ2n) is 6.52. The van der Waals surface area contributed by atoms with Crippen molar-refractivity contribution >= 4 is 21.6 Å². The Balaban J connectivity index is 1.79. The third-order valence-corrected chi connectivity index (χ3v) is 6.01. The number of carbonyl (C=O) groups is 1. The summed E-state index contributed by atoms with van der Waals surface area (Å²) in [5, 5.41) is 2.79. The monoisotopic (exact) mass is 353 g/mol. The van der Waals surface area contributed by atoms with Crippen molar-refractivity contribution < 1.29 is 17.9 Å². The molecule has 0 radical (unpaired) electrons. The minimum absolute atomic E-state index is 0.00192. The normalized spacial score (nSPS) is 23.9. The molecule has 0 aromatic heterocycles. The molecule has 2 aliphatic rings. The smallest absolute Gasteiger partial charge is 0.244 e. The van der Waals surface area contributed by atoms with Crippen molar-refractivity contribution in [3.05, 3.63) is 18.2 Å². The zero-order valence-corrected chi connectivity index (χ0v) is 14.4. The number of anilines is 1. The zero-order valence-electron chi connectivity index (χ0n) is 13.6. The summed E-state index contributed by atoms with van der Waals surface area (Å²) in [7, 11) is -2.25. The Morgan fingerprint density at radius 3 is 2.58 bits per heavy atom. The van der Waals surface area contributed by atoms with Crippen LogP contribution in [0.4, 0.5) is 5.69 Å². The first-order chi connectivity index (χ1) is 11.4. The molecule has 2 unspecified atom stereocenters. The Bertz CT molecular complexity index is 731. The van der Waals surface area contributed by atoms with Crippen molar-refractivity contribution in [2.75, 3.05) is 12.4 Å². The van der Waals surface area contributed by atoms with Crippen LogP contribution in [0.15, 0.2) is 23.1 Å². The molecule has 8 heteroatoms. The molecular formula is C16H23N3O4S. The van der Waals surface area contributed by atoms with Gasteiger partial charge < -0.3 is 15.8 Å². The SMILES string of the molecule is COc1ccc(NC(=O)C2CCC(N)C2)cc1S(=O)(=O)NC1CC1. The van der Waals surface area contributed by atoms with Gasteiger partial charge in [0.1, 0.15) is 10.6 Å². The molecule has 0 saturated heterocycles. The van der Waals surface area contributed by atoms with Crippen LogP contribution in [-0.2, 0) is 14.8 Å². The highest BCUT2D eigenvalue weighted by molar-refractivity contribution is 7.89. The summed E-state index contributed by atoms with van der Waals surface area (Å²) in [6.45, 7) is 0. The maximum absolute atomic E-state index is 12.5. The van der Waals surface area contributed by atoms with Crippen LogP contribution in [0, 0.1) is 5.92 Å². The Kier molecular flexibility index (Phi) is 4.80. The van der Waals surface area contributed by atoms with Gasteiger partial charge in [-0.15, -0.1) is 0 Å². The highest BCUT2D eigenvalue weighted by Crippen LogP contribution is 2.31. The standard InChI is InChI=1S/C16H23N3O4S/c1-23-14-7-6-13(18-16(20)10-2-3-11(17)8-10)9-15(14)24(21,22)19-12-4-5-12/h6-7,9-12,19H,2-5,8,17H2,1H3,(H,18,20). The average molecular weight is 353 g/mol. The van der Waals surface area contributed by atoms with Crippen molar-refractivity contribution in [2.45, 2.75) is 49.1 Å².